The highest BCUT2D eigenvalue weighted by molar-refractivity contribution is 5.78. The van der Waals surface area contributed by atoms with Crippen molar-refractivity contribution in [3.05, 3.63) is 0 Å². The first-order valence-electron chi connectivity index (χ1n) is 10.4. The zero-order chi connectivity index (χ0) is 16.8. The molecule has 1 amide bonds. The Labute approximate surface area is 147 Å². The van der Waals surface area contributed by atoms with E-state index in [0.29, 0.717) is 11.9 Å². The van der Waals surface area contributed by atoms with Crippen LogP contribution in [-0.4, -0.2) is 47.2 Å². The molecule has 0 unspecified atom stereocenters. The van der Waals surface area contributed by atoms with Crippen LogP contribution in [0.2, 0.25) is 0 Å². The van der Waals surface area contributed by atoms with Gasteiger partial charge in [-0.05, 0) is 38.5 Å². The summed E-state index contributed by atoms with van der Waals surface area (Å²) in [5, 5.41) is 14.0. The molecule has 24 heavy (non-hydrogen) atoms. The molecule has 3 aliphatic rings. The molecule has 3 rings (SSSR count). The summed E-state index contributed by atoms with van der Waals surface area (Å²) in [4.78, 5) is 14.9. The Morgan fingerprint density at radius 1 is 0.917 bits per heavy atom. The molecule has 4 heteroatoms. The Morgan fingerprint density at radius 2 is 1.50 bits per heavy atom. The number of hydrogen-bond acceptors (Lipinski definition) is 3. The summed E-state index contributed by atoms with van der Waals surface area (Å²) in [6.07, 6.45) is 14.8. The highest BCUT2D eigenvalue weighted by Gasteiger charge is 2.33. The van der Waals surface area contributed by atoms with Gasteiger partial charge in [0, 0.05) is 31.6 Å². The molecule has 0 aromatic carbocycles. The van der Waals surface area contributed by atoms with Crippen molar-refractivity contribution in [3.63, 3.8) is 0 Å². The van der Waals surface area contributed by atoms with E-state index in [-0.39, 0.29) is 5.92 Å². The number of amides is 1. The molecule has 2 aliphatic carbocycles. The lowest BCUT2D eigenvalue weighted by Crippen LogP contribution is -2.51. The molecule has 2 saturated carbocycles. The summed E-state index contributed by atoms with van der Waals surface area (Å²) >= 11 is 0. The van der Waals surface area contributed by atoms with Crippen LogP contribution in [0.3, 0.4) is 0 Å². The fourth-order valence-corrected chi connectivity index (χ4v) is 4.88. The standard InChI is InChI=1S/C20H36N2O2/c23-19(17-8-4-1-2-5-9-17)21-18-10-14-22(15-11-18)16-20(24)12-6-3-7-13-20/h17-18,24H,1-16H2,(H,21,23). The van der Waals surface area contributed by atoms with E-state index in [2.05, 4.69) is 10.2 Å². The minimum absolute atomic E-state index is 0.258. The summed E-state index contributed by atoms with van der Waals surface area (Å²) < 4.78 is 0. The lowest BCUT2D eigenvalue weighted by Gasteiger charge is -2.40. The lowest BCUT2D eigenvalue weighted by molar-refractivity contribution is -0.126. The first-order chi connectivity index (χ1) is 11.6. The predicted octanol–water partition coefficient (Wildman–Crippen LogP) is 3.23. The van der Waals surface area contributed by atoms with E-state index in [1.165, 1.54) is 44.9 Å². The van der Waals surface area contributed by atoms with E-state index < -0.39 is 5.60 Å². The fraction of sp³-hybridized carbons (Fsp3) is 0.950. The Bertz CT molecular complexity index is 390. The first-order valence-corrected chi connectivity index (χ1v) is 10.4. The van der Waals surface area contributed by atoms with E-state index in [4.69, 9.17) is 0 Å². The second kappa shape index (κ2) is 8.66. The molecule has 2 N–H and O–H groups in total. The molecule has 0 radical (unpaired) electrons. The molecule has 1 saturated heterocycles. The van der Waals surface area contributed by atoms with Gasteiger partial charge >= 0.3 is 0 Å². The van der Waals surface area contributed by atoms with Crippen molar-refractivity contribution < 1.29 is 9.90 Å². The number of rotatable bonds is 4. The van der Waals surface area contributed by atoms with Crippen LogP contribution in [0.15, 0.2) is 0 Å². The van der Waals surface area contributed by atoms with Gasteiger partial charge in [0.1, 0.15) is 0 Å². The Balaban J connectivity index is 1.39. The summed E-state index contributed by atoms with van der Waals surface area (Å²) in [5.74, 6) is 0.565. The van der Waals surface area contributed by atoms with Crippen molar-refractivity contribution in [2.45, 2.75) is 95.1 Å². The van der Waals surface area contributed by atoms with Crippen molar-refractivity contribution in [2.75, 3.05) is 19.6 Å². The third-order valence-electron chi connectivity index (χ3n) is 6.46. The van der Waals surface area contributed by atoms with Crippen LogP contribution in [0.1, 0.15) is 83.5 Å². The van der Waals surface area contributed by atoms with E-state index in [1.807, 2.05) is 0 Å². The summed E-state index contributed by atoms with van der Waals surface area (Å²) in [6.45, 7) is 2.85. The smallest absolute Gasteiger partial charge is 0.223 e. The minimum Gasteiger partial charge on any atom is -0.389 e. The molecule has 0 spiro atoms. The average molecular weight is 337 g/mol. The summed E-state index contributed by atoms with van der Waals surface area (Å²) in [7, 11) is 0. The van der Waals surface area contributed by atoms with Gasteiger partial charge in [0.25, 0.3) is 0 Å². The number of carbonyl (C=O) groups excluding carboxylic acids is 1. The lowest BCUT2D eigenvalue weighted by atomic mass is 9.84. The van der Waals surface area contributed by atoms with Gasteiger partial charge in [-0.1, -0.05) is 44.9 Å². The van der Waals surface area contributed by atoms with Gasteiger partial charge in [-0.3, -0.25) is 4.79 Å². The Hall–Kier alpha value is -0.610. The molecular weight excluding hydrogens is 300 g/mol. The van der Waals surface area contributed by atoms with Gasteiger partial charge < -0.3 is 15.3 Å². The maximum atomic E-state index is 12.5. The molecule has 1 heterocycles. The number of hydrogen-bond donors (Lipinski definition) is 2. The topological polar surface area (TPSA) is 52.6 Å². The van der Waals surface area contributed by atoms with Crippen LogP contribution in [0.25, 0.3) is 0 Å². The highest BCUT2D eigenvalue weighted by atomic mass is 16.3. The summed E-state index contributed by atoms with van der Waals surface area (Å²) in [5.41, 5.74) is -0.450. The van der Waals surface area contributed by atoms with E-state index in [1.54, 1.807) is 0 Å². The monoisotopic (exact) mass is 336 g/mol. The number of carbonyl (C=O) groups is 1. The van der Waals surface area contributed by atoms with Crippen molar-refractivity contribution in [2.24, 2.45) is 5.92 Å². The van der Waals surface area contributed by atoms with Crippen molar-refractivity contribution >= 4 is 5.91 Å². The van der Waals surface area contributed by atoms with E-state index >= 15 is 0 Å². The molecule has 4 nitrogen and oxygen atoms in total. The third kappa shape index (κ3) is 5.19. The molecule has 0 bridgehead atoms. The number of likely N-dealkylation sites (tertiary alicyclic amines) is 1. The maximum Gasteiger partial charge on any atom is 0.223 e. The zero-order valence-electron chi connectivity index (χ0n) is 15.3. The Morgan fingerprint density at radius 3 is 2.12 bits per heavy atom. The van der Waals surface area contributed by atoms with Crippen LogP contribution in [-0.2, 0) is 4.79 Å². The maximum absolute atomic E-state index is 12.5. The molecule has 3 fully saturated rings. The van der Waals surface area contributed by atoms with Gasteiger partial charge in [-0.15, -0.1) is 0 Å². The van der Waals surface area contributed by atoms with Crippen LogP contribution in [0.5, 0.6) is 0 Å². The normalized spacial score (nSPS) is 27.5. The van der Waals surface area contributed by atoms with Crippen molar-refractivity contribution in [1.29, 1.82) is 0 Å². The van der Waals surface area contributed by atoms with Crippen LogP contribution in [0.4, 0.5) is 0 Å². The quantitative estimate of drug-likeness (QED) is 0.775. The van der Waals surface area contributed by atoms with Crippen LogP contribution < -0.4 is 5.32 Å². The van der Waals surface area contributed by atoms with E-state index in [9.17, 15) is 9.90 Å². The summed E-state index contributed by atoms with van der Waals surface area (Å²) in [6, 6.07) is 0.345. The number of nitrogens with zero attached hydrogens (tertiary/aromatic N) is 1. The molecular formula is C20H36N2O2. The predicted molar refractivity (Wildman–Crippen MR) is 96.8 cm³/mol. The van der Waals surface area contributed by atoms with Crippen LogP contribution in [0, 0.1) is 5.92 Å². The first kappa shape index (κ1) is 18.2. The number of β-amino-alcohol motifs (C(OH)–C–C–N with tert-alkyl or cyclic N) is 1. The second-order valence-electron chi connectivity index (χ2n) is 8.53. The fourth-order valence-electron chi connectivity index (χ4n) is 4.88. The van der Waals surface area contributed by atoms with Crippen molar-refractivity contribution in [1.82, 2.24) is 10.2 Å². The third-order valence-corrected chi connectivity index (χ3v) is 6.46. The highest BCUT2D eigenvalue weighted by Crippen LogP contribution is 2.30. The minimum atomic E-state index is -0.450. The number of piperidine rings is 1. The SMILES string of the molecule is O=C(NC1CCN(CC2(O)CCCCC2)CC1)C1CCCCCC1. The number of nitrogens with one attached hydrogen (secondary N) is 1. The van der Waals surface area contributed by atoms with Gasteiger partial charge in [0.2, 0.25) is 5.91 Å². The second-order valence-corrected chi connectivity index (χ2v) is 8.53. The van der Waals surface area contributed by atoms with Gasteiger partial charge in [0.15, 0.2) is 0 Å². The molecule has 0 atom stereocenters. The van der Waals surface area contributed by atoms with Gasteiger partial charge in [0.05, 0.1) is 5.60 Å². The largest absolute Gasteiger partial charge is 0.389 e. The van der Waals surface area contributed by atoms with Crippen LogP contribution >= 0.6 is 0 Å². The van der Waals surface area contributed by atoms with Gasteiger partial charge in [-0.25, -0.2) is 0 Å². The molecule has 138 valence electrons. The van der Waals surface area contributed by atoms with Crippen molar-refractivity contribution in [3.8, 4) is 0 Å². The average Bonchev–Trinajstić information content (AvgIpc) is 2.86. The van der Waals surface area contributed by atoms with E-state index in [0.717, 1.165) is 58.2 Å². The molecule has 1 aliphatic heterocycles. The Kier molecular flexibility index (Phi) is 6.56. The zero-order valence-corrected chi connectivity index (χ0v) is 15.3. The molecule has 0 aromatic heterocycles. The number of aliphatic hydroxyl groups is 1. The van der Waals surface area contributed by atoms with Gasteiger partial charge in [-0.2, -0.15) is 0 Å². The molecule has 0 aromatic rings.